The number of imide groups is 1. The highest BCUT2D eigenvalue weighted by atomic mass is 16.5. The van der Waals surface area contributed by atoms with Gasteiger partial charge in [-0.25, -0.2) is 0 Å². The van der Waals surface area contributed by atoms with Gasteiger partial charge in [0.25, 0.3) is 0 Å². The molecule has 0 N–H and O–H groups in total. The first-order valence-corrected chi connectivity index (χ1v) is 4.99. The molecule has 0 atom stereocenters. The molecule has 0 aliphatic carbocycles. The van der Waals surface area contributed by atoms with Gasteiger partial charge in [0, 0.05) is 24.9 Å². The quantitative estimate of drug-likeness (QED) is 0.688. The normalized spacial score (nSPS) is 17.2. The summed E-state index contributed by atoms with van der Waals surface area (Å²) in [6.45, 7) is 0.429. The molecule has 5 nitrogen and oxygen atoms in total. The average Bonchev–Trinajstić information content (AvgIpc) is 2.70. The number of hydrogen-bond acceptors (Lipinski definition) is 4. The molecule has 0 spiro atoms. The Labute approximate surface area is 87.0 Å². The van der Waals surface area contributed by atoms with Crippen LogP contribution in [0.25, 0.3) is 0 Å². The molecule has 1 saturated heterocycles. The third kappa shape index (κ3) is 2.23. The molecule has 0 unspecified atom stereocenters. The lowest BCUT2D eigenvalue weighted by Gasteiger charge is -2.24. The fourth-order valence-electron chi connectivity index (χ4n) is 1.64. The summed E-state index contributed by atoms with van der Waals surface area (Å²) in [5.74, 6) is -0.134. The Morgan fingerprint density at radius 1 is 1.33 bits per heavy atom. The van der Waals surface area contributed by atoms with Crippen LogP contribution < -0.4 is 0 Å². The fourth-order valence-corrected chi connectivity index (χ4v) is 1.64. The summed E-state index contributed by atoms with van der Waals surface area (Å²) in [6.07, 6.45) is 5.38. The molecule has 1 fully saturated rings. The van der Waals surface area contributed by atoms with E-state index in [0.717, 1.165) is 5.56 Å². The summed E-state index contributed by atoms with van der Waals surface area (Å²) in [5, 5.41) is 3.56. The number of nitrogens with zero attached hydrogens (tertiary/aromatic N) is 2. The number of hydrogen-bond donors (Lipinski definition) is 0. The minimum atomic E-state index is -0.0669. The van der Waals surface area contributed by atoms with Gasteiger partial charge in [0.2, 0.25) is 11.8 Å². The first kappa shape index (κ1) is 9.89. The van der Waals surface area contributed by atoms with Gasteiger partial charge in [-0.3, -0.25) is 14.5 Å². The van der Waals surface area contributed by atoms with Crippen LogP contribution in [0.15, 0.2) is 17.0 Å². The second kappa shape index (κ2) is 4.25. The largest absolute Gasteiger partial charge is 0.364 e. The zero-order valence-corrected chi connectivity index (χ0v) is 8.31. The molecule has 1 aliphatic heterocycles. The van der Waals surface area contributed by atoms with Crippen molar-refractivity contribution in [2.75, 3.05) is 6.54 Å². The van der Waals surface area contributed by atoms with Gasteiger partial charge in [-0.15, -0.1) is 0 Å². The molecule has 2 heterocycles. The minimum absolute atomic E-state index is 0.0669. The number of rotatable bonds is 3. The van der Waals surface area contributed by atoms with Crippen LogP contribution in [-0.4, -0.2) is 28.4 Å². The van der Waals surface area contributed by atoms with Crippen LogP contribution in [0.5, 0.6) is 0 Å². The summed E-state index contributed by atoms with van der Waals surface area (Å²) in [5.41, 5.74) is 0.904. The predicted octanol–water partition coefficient (Wildman–Crippen LogP) is 0.756. The third-order valence-electron chi connectivity index (χ3n) is 2.49. The lowest BCUT2D eigenvalue weighted by Crippen LogP contribution is -2.41. The van der Waals surface area contributed by atoms with Crippen LogP contribution in [0.4, 0.5) is 0 Å². The van der Waals surface area contributed by atoms with Gasteiger partial charge in [-0.2, -0.15) is 0 Å². The minimum Gasteiger partial charge on any atom is -0.364 e. The van der Waals surface area contributed by atoms with E-state index in [9.17, 15) is 9.59 Å². The van der Waals surface area contributed by atoms with Crippen LogP contribution >= 0.6 is 0 Å². The molecule has 0 aromatic carbocycles. The van der Waals surface area contributed by atoms with Gasteiger partial charge >= 0.3 is 0 Å². The predicted molar refractivity (Wildman–Crippen MR) is 50.8 cm³/mol. The molecule has 5 heteroatoms. The number of amides is 2. The van der Waals surface area contributed by atoms with Gasteiger partial charge in [0.15, 0.2) is 0 Å². The molecule has 0 bridgehead atoms. The molecule has 2 amide bonds. The van der Waals surface area contributed by atoms with Crippen molar-refractivity contribution in [3.05, 3.63) is 18.0 Å². The van der Waals surface area contributed by atoms with E-state index in [1.807, 2.05) is 0 Å². The Bertz CT molecular complexity index is 343. The van der Waals surface area contributed by atoms with E-state index < -0.39 is 0 Å². The highest BCUT2D eigenvalue weighted by Crippen LogP contribution is 2.12. The van der Waals surface area contributed by atoms with E-state index in [-0.39, 0.29) is 11.8 Å². The summed E-state index contributed by atoms with van der Waals surface area (Å²) >= 11 is 0. The Morgan fingerprint density at radius 3 is 2.67 bits per heavy atom. The van der Waals surface area contributed by atoms with E-state index in [0.29, 0.717) is 32.2 Å². The maximum atomic E-state index is 11.4. The fraction of sp³-hybridized carbons (Fsp3) is 0.500. The van der Waals surface area contributed by atoms with Gasteiger partial charge in [-0.05, 0) is 12.8 Å². The van der Waals surface area contributed by atoms with Crippen LogP contribution in [0.1, 0.15) is 24.8 Å². The number of carbonyl (C=O) groups excluding carboxylic acids is 2. The summed E-state index contributed by atoms with van der Waals surface area (Å²) < 4.78 is 4.67. The molecule has 0 saturated carbocycles. The molecule has 1 aromatic heterocycles. The van der Waals surface area contributed by atoms with Gasteiger partial charge in [0.1, 0.15) is 6.26 Å². The van der Waals surface area contributed by atoms with Crippen molar-refractivity contribution in [2.45, 2.75) is 25.7 Å². The molecule has 15 heavy (non-hydrogen) atoms. The molecule has 1 aliphatic rings. The van der Waals surface area contributed by atoms with E-state index in [1.165, 1.54) is 11.2 Å². The van der Waals surface area contributed by atoms with Crippen molar-refractivity contribution < 1.29 is 14.1 Å². The highest BCUT2D eigenvalue weighted by Gasteiger charge is 2.25. The Hall–Kier alpha value is -1.65. The van der Waals surface area contributed by atoms with Crippen LogP contribution in [-0.2, 0) is 16.0 Å². The topological polar surface area (TPSA) is 63.4 Å². The summed E-state index contributed by atoms with van der Waals surface area (Å²) in [6, 6.07) is 0. The van der Waals surface area contributed by atoms with Crippen molar-refractivity contribution in [1.82, 2.24) is 10.1 Å². The Balaban J connectivity index is 1.92. The van der Waals surface area contributed by atoms with E-state index >= 15 is 0 Å². The SMILES string of the molecule is O=C1CCCC(=O)N1CCc1cnoc1. The van der Waals surface area contributed by atoms with Crippen molar-refractivity contribution >= 4 is 11.8 Å². The first-order valence-electron chi connectivity index (χ1n) is 4.99. The van der Waals surface area contributed by atoms with Crippen molar-refractivity contribution in [1.29, 1.82) is 0 Å². The van der Waals surface area contributed by atoms with Crippen molar-refractivity contribution in [2.24, 2.45) is 0 Å². The lowest BCUT2D eigenvalue weighted by molar-refractivity contribution is -0.147. The van der Waals surface area contributed by atoms with Gasteiger partial charge in [-0.1, -0.05) is 5.16 Å². The van der Waals surface area contributed by atoms with E-state index in [1.54, 1.807) is 6.20 Å². The zero-order valence-electron chi connectivity index (χ0n) is 8.31. The third-order valence-corrected chi connectivity index (χ3v) is 2.49. The Kier molecular flexibility index (Phi) is 2.80. The monoisotopic (exact) mass is 208 g/mol. The Morgan fingerprint density at radius 2 is 2.07 bits per heavy atom. The van der Waals surface area contributed by atoms with Crippen molar-refractivity contribution in [3.63, 3.8) is 0 Å². The number of likely N-dealkylation sites (tertiary alicyclic amines) is 1. The molecule has 0 radical (unpaired) electrons. The van der Waals surface area contributed by atoms with Crippen LogP contribution in [0.3, 0.4) is 0 Å². The van der Waals surface area contributed by atoms with Crippen LogP contribution in [0, 0.1) is 0 Å². The smallest absolute Gasteiger partial charge is 0.229 e. The first-order chi connectivity index (χ1) is 7.27. The number of aromatic nitrogens is 1. The van der Waals surface area contributed by atoms with Gasteiger partial charge in [0.05, 0.1) is 6.20 Å². The maximum Gasteiger partial charge on any atom is 0.229 e. The molecule has 2 rings (SSSR count). The number of carbonyl (C=O) groups is 2. The summed E-state index contributed by atoms with van der Waals surface area (Å²) in [4.78, 5) is 24.2. The molecular formula is C10H12N2O3. The molecule has 1 aromatic rings. The lowest BCUT2D eigenvalue weighted by atomic mass is 10.1. The maximum absolute atomic E-state index is 11.4. The second-order valence-corrected chi connectivity index (χ2v) is 3.58. The van der Waals surface area contributed by atoms with E-state index in [2.05, 4.69) is 9.68 Å². The highest BCUT2D eigenvalue weighted by molar-refractivity contribution is 5.97. The standard InChI is InChI=1S/C10H12N2O3/c13-9-2-1-3-10(14)12(9)5-4-8-6-11-15-7-8/h6-7H,1-5H2. The van der Waals surface area contributed by atoms with Gasteiger partial charge < -0.3 is 4.52 Å². The average molecular weight is 208 g/mol. The molecule has 80 valence electrons. The van der Waals surface area contributed by atoms with Crippen LogP contribution in [0.2, 0.25) is 0 Å². The van der Waals surface area contributed by atoms with E-state index in [4.69, 9.17) is 0 Å². The summed E-state index contributed by atoms with van der Waals surface area (Å²) in [7, 11) is 0. The molecular weight excluding hydrogens is 196 g/mol. The second-order valence-electron chi connectivity index (χ2n) is 3.58. The number of piperidine rings is 1. The van der Waals surface area contributed by atoms with Crippen molar-refractivity contribution in [3.8, 4) is 0 Å². The zero-order chi connectivity index (χ0) is 10.7.